The first-order chi connectivity index (χ1) is 11.9. The van der Waals surface area contributed by atoms with E-state index in [-0.39, 0.29) is 10.6 Å². The predicted molar refractivity (Wildman–Crippen MR) is 89.4 cm³/mol. The second-order valence-electron chi connectivity index (χ2n) is 5.35. The van der Waals surface area contributed by atoms with Crippen LogP contribution in [0.2, 0.25) is 0 Å². The molecular weight excluding hydrogens is 348 g/mol. The van der Waals surface area contributed by atoms with Crippen LogP contribution in [0.1, 0.15) is 5.56 Å². The summed E-state index contributed by atoms with van der Waals surface area (Å²) in [6.45, 7) is 0.346. The Hall–Kier alpha value is -2.58. The van der Waals surface area contributed by atoms with Crippen molar-refractivity contribution in [1.29, 1.82) is 0 Å². The maximum absolute atomic E-state index is 14.2. The lowest BCUT2D eigenvalue weighted by atomic mass is 10.1. The summed E-state index contributed by atoms with van der Waals surface area (Å²) in [5.41, 5.74) is 0.106. The van der Waals surface area contributed by atoms with Crippen LogP contribution in [-0.2, 0) is 16.6 Å². The number of hydrogen-bond acceptors (Lipinski definition) is 4. The quantitative estimate of drug-likeness (QED) is 0.757. The molecule has 0 unspecified atom stereocenters. The number of nitrogens with zero attached hydrogens (tertiary/aromatic N) is 2. The summed E-state index contributed by atoms with van der Waals surface area (Å²) in [6.07, 6.45) is 3.98. The minimum atomic E-state index is -4.06. The van der Waals surface area contributed by atoms with Crippen LogP contribution in [0.15, 0.2) is 59.9 Å². The molecule has 2 heterocycles. The van der Waals surface area contributed by atoms with Gasteiger partial charge < -0.3 is 5.32 Å². The summed E-state index contributed by atoms with van der Waals surface area (Å²) in [5, 5.41) is 2.89. The fraction of sp³-hybridized carbons (Fsp3) is 0.118. The van der Waals surface area contributed by atoms with Gasteiger partial charge in [-0.3, -0.25) is 4.98 Å². The van der Waals surface area contributed by atoms with Gasteiger partial charge in [-0.05, 0) is 42.9 Å². The number of aromatic nitrogens is 2. The Balaban J connectivity index is 2.27. The number of pyridine rings is 1. The number of hydrogen-bond donors (Lipinski definition) is 1. The van der Waals surface area contributed by atoms with E-state index in [1.54, 1.807) is 7.05 Å². The Morgan fingerprint density at radius 2 is 1.88 bits per heavy atom. The molecule has 0 amide bonds. The summed E-state index contributed by atoms with van der Waals surface area (Å²) >= 11 is 0. The zero-order valence-corrected chi connectivity index (χ0v) is 14.1. The van der Waals surface area contributed by atoms with E-state index in [1.807, 2.05) is 0 Å². The van der Waals surface area contributed by atoms with Crippen molar-refractivity contribution in [2.45, 2.75) is 11.4 Å². The van der Waals surface area contributed by atoms with Gasteiger partial charge in [-0.2, -0.15) is 0 Å². The SMILES string of the molecule is CNCc1cc(-c2c(F)cccc2F)n(S(=O)(=O)c2cccnc2)c1. The number of halogens is 2. The molecule has 3 rings (SSSR count). The largest absolute Gasteiger partial charge is 0.316 e. The predicted octanol–water partition coefficient (Wildman–Crippen LogP) is 2.78. The fourth-order valence-corrected chi connectivity index (χ4v) is 3.88. The van der Waals surface area contributed by atoms with Crippen molar-refractivity contribution in [3.63, 3.8) is 0 Å². The Morgan fingerprint density at radius 1 is 1.16 bits per heavy atom. The van der Waals surface area contributed by atoms with Crippen LogP contribution in [0.5, 0.6) is 0 Å². The van der Waals surface area contributed by atoms with Crippen molar-refractivity contribution in [1.82, 2.24) is 14.3 Å². The summed E-state index contributed by atoms with van der Waals surface area (Å²) in [6, 6.07) is 7.71. The topological polar surface area (TPSA) is 64.0 Å². The highest BCUT2D eigenvalue weighted by Gasteiger charge is 2.25. The van der Waals surface area contributed by atoms with Crippen LogP contribution >= 0.6 is 0 Å². The molecule has 0 radical (unpaired) electrons. The van der Waals surface area contributed by atoms with Gasteiger partial charge in [0.05, 0.1) is 11.3 Å². The highest BCUT2D eigenvalue weighted by atomic mass is 32.2. The molecule has 0 spiro atoms. The van der Waals surface area contributed by atoms with Gasteiger partial charge in [-0.25, -0.2) is 21.2 Å². The Bertz CT molecular complexity index is 982. The van der Waals surface area contributed by atoms with Gasteiger partial charge in [0.2, 0.25) is 0 Å². The average molecular weight is 363 g/mol. The number of nitrogens with one attached hydrogen (secondary N) is 1. The molecule has 0 bridgehead atoms. The Morgan fingerprint density at radius 3 is 2.48 bits per heavy atom. The lowest BCUT2D eigenvalue weighted by molar-refractivity contribution is 0.582. The van der Waals surface area contributed by atoms with Crippen LogP contribution < -0.4 is 5.32 Å². The van der Waals surface area contributed by atoms with Crippen molar-refractivity contribution < 1.29 is 17.2 Å². The molecular formula is C17H15F2N3O2S. The van der Waals surface area contributed by atoms with Gasteiger partial charge in [0.1, 0.15) is 16.5 Å². The molecule has 8 heteroatoms. The molecule has 1 N–H and O–H groups in total. The first-order valence-electron chi connectivity index (χ1n) is 7.41. The van der Waals surface area contributed by atoms with Gasteiger partial charge in [-0.15, -0.1) is 0 Å². The first-order valence-corrected chi connectivity index (χ1v) is 8.85. The zero-order valence-electron chi connectivity index (χ0n) is 13.3. The van der Waals surface area contributed by atoms with E-state index in [9.17, 15) is 17.2 Å². The van der Waals surface area contributed by atoms with E-state index in [4.69, 9.17) is 0 Å². The van der Waals surface area contributed by atoms with Gasteiger partial charge in [-0.1, -0.05) is 6.07 Å². The van der Waals surface area contributed by atoms with Gasteiger partial charge in [0, 0.05) is 25.1 Å². The van der Waals surface area contributed by atoms with Crippen molar-refractivity contribution in [3.05, 3.63) is 72.2 Å². The van der Waals surface area contributed by atoms with Crippen LogP contribution in [0.4, 0.5) is 8.78 Å². The highest BCUT2D eigenvalue weighted by molar-refractivity contribution is 7.90. The third kappa shape index (κ3) is 3.18. The van der Waals surface area contributed by atoms with Crippen LogP contribution in [0, 0.1) is 11.6 Å². The maximum Gasteiger partial charge on any atom is 0.269 e. The van der Waals surface area contributed by atoms with E-state index < -0.39 is 27.2 Å². The lowest BCUT2D eigenvalue weighted by Gasteiger charge is -2.11. The minimum Gasteiger partial charge on any atom is -0.316 e. The molecule has 0 aliphatic rings. The number of benzene rings is 1. The third-order valence-corrected chi connectivity index (χ3v) is 5.29. The number of rotatable bonds is 5. The maximum atomic E-state index is 14.2. The molecule has 0 saturated heterocycles. The van der Waals surface area contributed by atoms with E-state index in [0.29, 0.717) is 12.1 Å². The fourth-order valence-electron chi connectivity index (χ4n) is 2.53. The van der Waals surface area contributed by atoms with Crippen molar-refractivity contribution in [2.75, 3.05) is 7.05 Å². The molecule has 0 saturated carbocycles. The molecule has 2 aromatic heterocycles. The lowest BCUT2D eigenvalue weighted by Crippen LogP contribution is -2.14. The van der Waals surface area contributed by atoms with Gasteiger partial charge in [0.25, 0.3) is 10.0 Å². The second kappa shape index (κ2) is 6.73. The molecule has 0 aliphatic heterocycles. The minimum absolute atomic E-state index is 0.0698. The smallest absolute Gasteiger partial charge is 0.269 e. The van der Waals surface area contributed by atoms with Crippen molar-refractivity contribution in [2.24, 2.45) is 0 Å². The van der Waals surface area contributed by atoms with E-state index in [0.717, 1.165) is 16.1 Å². The van der Waals surface area contributed by atoms with Gasteiger partial charge in [0.15, 0.2) is 0 Å². The molecule has 3 aromatic rings. The molecule has 5 nitrogen and oxygen atoms in total. The molecule has 0 fully saturated rings. The second-order valence-corrected chi connectivity index (χ2v) is 7.17. The monoisotopic (exact) mass is 363 g/mol. The third-order valence-electron chi connectivity index (χ3n) is 3.63. The van der Waals surface area contributed by atoms with E-state index in [1.165, 1.54) is 42.9 Å². The summed E-state index contributed by atoms with van der Waals surface area (Å²) < 4.78 is 55.2. The molecule has 130 valence electrons. The van der Waals surface area contributed by atoms with Gasteiger partial charge >= 0.3 is 0 Å². The van der Waals surface area contributed by atoms with Crippen LogP contribution in [0.3, 0.4) is 0 Å². The van der Waals surface area contributed by atoms with E-state index in [2.05, 4.69) is 10.3 Å². The van der Waals surface area contributed by atoms with E-state index >= 15 is 0 Å². The molecule has 0 aliphatic carbocycles. The summed E-state index contributed by atoms with van der Waals surface area (Å²) in [4.78, 5) is 3.73. The summed E-state index contributed by atoms with van der Waals surface area (Å²) in [5.74, 6) is -1.67. The average Bonchev–Trinajstić information content (AvgIpc) is 3.00. The highest BCUT2D eigenvalue weighted by Crippen LogP contribution is 2.30. The van der Waals surface area contributed by atoms with Crippen molar-refractivity contribution >= 4 is 10.0 Å². The Kier molecular flexibility index (Phi) is 4.65. The Labute approximate surface area is 144 Å². The van der Waals surface area contributed by atoms with Crippen molar-refractivity contribution in [3.8, 4) is 11.3 Å². The normalized spacial score (nSPS) is 11.6. The first kappa shape index (κ1) is 17.2. The molecule has 1 aromatic carbocycles. The summed E-state index contributed by atoms with van der Waals surface area (Å²) in [7, 11) is -2.36. The molecule has 25 heavy (non-hydrogen) atoms. The standard InChI is InChI=1S/C17H15F2N3O2S/c1-20-9-12-8-16(17-14(18)5-2-6-15(17)19)22(11-12)25(23,24)13-4-3-7-21-10-13/h2-8,10-11,20H,9H2,1H3. The van der Waals surface area contributed by atoms with Crippen LogP contribution in [-0.4, -0.2) is 24.4 Å². The van der Waals surface area contributed by atoms with Crippen LogP contribution in [0.25, 0.3) is 11.3 Å². The zero-order chi connectivity index (χ0) is 18.0. The molecule has 0 atom stereocenters.